The van der Waals surface area contributed by atoms with E-state index in [4.69, 9.17) is 0 Å². The van der Waals surface area contributed by atoms with Crippen LogP contribution in [0.25, 0.3) is 0 Å². The number of aliphatic carboxylic acids is 1. The van der Waals surface area contributed by atoms with Crippen molar-refractivity contribution in [3.63, 3.8) is 0 Å². The summed E-state index contributed by atoms with van der Waals surface area (Å²) in [5.74, 6) is -2.78. The maximum Gasteiger partial charge on any atom is 0.326 e. The summed E-state index contributed by atoms with van der Waals surface area (Å²) >= 11 is 0. The van der Waals surface area contributed by atoms with Crippen LogP contribution in [0.3, 0.4) is 0 Å². The first-order valence-corrected chi connectivity index (χ1v) is 8.22. The number of amides is 1. The molecule has 0 aliphatic carbocycles. The van der Waals surface area contributed by atoms with Gasteiger partial charge in [-0.1, -0.05) is 60.7 Å². The van der Waals surface area contributed by atoms with E-state index in [1.807, 2.05) is 60.7 Å². The van der Waals surface area contributed by atoms with E-state index in [0.717, 1.165) is 11.1 Å². The second kappa shape index (κ2) is 9.36. The molecule has 0 unspecified atom stereocenters. The Bertz CT molecular complexity index is 706. The Balaban J connectivity index is 2.23. The Morgan fingerprint density at radius 2 is 1.46 bits per heavy atom. The molecule has 0 heterocycles. The van der Waals surface area contributed by atoms with E-state index < -0.39 is 29.8 Å². The van der Waals surface area contributed by atoms with Crippen molar-refractivity contribution in [2.45, 2.75) is 24.8 Å². The fourth-order valence-corrected chi connectivity index (χ4v) is 2.66. The number of esters is 1. The Labute approximate surface area is 151 Å². The number of carboxylic acids is 1. The summed E-state index contributed by atoms with van der Waals surface area (Å²) < 4.78 is 4.53. The van der Waals surface area contributed by atoms with Crippen molar-refractivity contribution in [3.05, 3.63) is 71.8 Å². The van der Waals surface area contributed by atoms with Gasteiger partial charge < -0.3 is 15.2 Å². The number of carbonyl (C=O) groups excluding carboxylic acids is 2. The minimum atomic E-state index is -1.19. The molecular weight excluding hydrogens is 334 g/mol. The largest absolute Gasteiger partial charge is 0.480 e. The van der Waals surface area contributed by atoms with Crippen LogP contribution in [0, 0.1) is 0 Å². The van der Waals surface area contributed by atoms with Gasteiger partial charge in [0.1, 0.15) is 6.04 Å². The van der Waals surface area contributed by atoms with Crippen molar-refractivity contribution in [2.75, 3.05) is 7.11 Å². The summed E-state index contributed by atoms with van der Waals surface area (Å²) in [5, 5.41) is 11.9. The standard InChI is InChI=1S/C20H21NO5/c1-26-17(22)13-12-16(20(24)25)21-19(23)18(14-8-4-2-5-9-14)15-10-6-3-7-11-15/h2-11,16,18H,12-13H2,1H3,(H,21,23)(H,24,25)/t16-/m1/s1. The summed E-state index contributed by atoms with van der Waals surface area (Å²) in [6.45, 7) is 0. The topological polar surface area (TPSA) is 92.7 Å². The summed E-state index contributed by atoms with van der Waals surface area (Å²) in [6, 6.07) is 17.1. The first kappa shape index (κ1) is 19.2. The Kier molecular flexibility index (Phi) is 6.91. The molecule has 0 radical (unpaired) electrons. The monoisotopic (exact) mass is 355 g/mol. The molecule has 1 amide bonds. The van der Waals surface area contributed by atoms with Gasteiger partial charge in [0.25, 0.3) is 0 Å². The highest BCUT2D eigenvalue weighted by Crippen LogP contribution is 2.25. The highest BCUT2D eigenvalue weighted by molar-refractivity contribution is 5.90. The summed E-state index contributed by atoms with van der Waals surface area (Å²) in [7, 11) is 1.23. The van der Waals surface area contributed by atoms with Crippen molar-refractivity contribution in [1.29, 1.82) is 0 Å². The van der Waals surface area contributed by atoms with Crippen molar-refractivity contribution >= 4 is 17.8 Å². The molecule has 2 aromatic rings. The molecular formula is C20H21NO5. The number of carboxylic acid groups (broad SMARTS) is 1. The van der Waals surface area contributed by atoms with Crippen LogP contribution in [-0.4, -0.2) is 36.1 Å². The van der Waals surface area contributed by atoms with Crippen LogP contribution in [0.15, 0.2) is 60.7 Å². The number of benzene rings is 2. The zero-order valence-corrected chi connectivity index (χ0v) is 14.4. The fourth-order valence-electron chi connectivity index (χ4n) is 2.66. The maximum absolute atomic E-state index is 12.9. The molecule has 0 fully saturated rings. The zero-order chi connectivity index (χ0) is 18.9. The lowest BCUT2D eigenvalue weighted by Gasteiger charge is -2.21. The van der Waals surface area contributed by atoms with E-state index in [-0.39, 0.29) is 12.8 Å². The third-order valence-corrected chi connectivity index (χ3v) is 4.01. The van der Waals surface area contributed by atoms with E-state index >= 15 is 0 Å². The van der Waals surface area contributed by atoms with Crippen LogP contribution >= 0.6 is 0 Å². The predicted molar refractivity (Wildman–Crippen MR) is 95.5 cm³/mol. The molecule has 136 valence electrons. The quantitative estimate of drug-likeness (QED) is 0.709. The molecule has 1 atom stereocenters. The van der Waals surface area contributed by atoms with Gasteiger partial charge in [-0.2, -0.15) is 0 Å². The van der Waals surface area contributed by atoms with Gasteiger partial charge in [0, 0.05) is 6.42 Å². The lowest BCUT2D eigenvalue weighted by Crippen LogP contribution is -2.43. The Morgan fingerprint density at radius 3 is 1.88 bits per heavy atom. The SMILES string of the molecule is COC(=O)CC[C@@H](NC(=O)C(c1ccccc1)c1ccccc1)C(=O)O. The van der Waals surface area contributed by atoms with Gasteiger partial charge in [-0.05, 0) is 17.5 Å². The van der Waals surface area contributed by atoms with Crippen LogP contribution in [0.1, 0.15) is 29.9 Å². The van der Waals surface area contributed by atoms with E-state index in [1.54, 1.807) is 0 Å². The molecule has 2 N–H and O–H groups in total. The van der Waals surface area contributed by atoms with E-state index in [1.165, 1.54) is 7.11 Å². The highest BCUT2D eigenvalue weighted by Gasteiger charge is 2.28. The molecule has 0 bridgehead atoms. The van der Waals surface area contributed by atoms with Crippen molar-refractivity contribution in [2.24, 2.45) is 0 Å². The molecule has 2 rings (SSSR count). The highest BCUT2D eigenvalue weighted by atomic mass is 16.5. The molecule has 26 heavy (non-hydrogen) atoms. The van der Waals surface area contributed by atoms with Gasteiger partial charge in [-0.15, -0.1) is 0 Å². The number of nitrogens with one attached hydrogen (secondary N) is 1. The van der Waals surface area contributed by atoms with Gasteiger partial charge in [0.05, 0.1) is 13.0 Å². The first-order valence-electron chi connectivity index (χ1n) is 8.22. The molecule has 0 aromatic heterocycles. The molecule has 0 aliphatic rings. The average molecular weight is 355 g/mol. The average Bonchev–Trinajstić information content (AvgIpc) is 2.66. The second-order valence-corrected chi connectivity index (χ2v) is 5.77. The molecule has 6 heteroatoms. The predicted octanol–water partition coefficient (Wildman–Crippen LogP) is 2.34. The summed E-state index contributed by atoms with van der Waals surface area (Å²) in [6.07, 6.45) is -0.126. The fraction of sp³-hybridized carbons (Fsp3) is 0.250. The van der Waals surface area contributed by atoms with Crippen LogP contribution in [0.5, 0.6) is 0 Å². The lowest BCUT2D eigenvalue weighted by atomic mass is 9.90. The van der Waals surface area contributed by atoms with E-state index in [0.29, 0.717) is 0 Å². The minimum Gasteiger partial charge on any atom is -0.480 e. The van der Waals surface area contributed by atoms with Crippen molar-refractivity contribution in [3.8, 4) is 0 Å². The van der Waals surface area contributed by atoms with Crippen LogP contribution in [0.2, 0.25) is 0 Å². The van der Waals surface area contributed by atoms with E-state index in [2.05, 4.69) is 10.1 Å². The maximum atomic E-state index is 12.9. The van der Waals surface area contributed by atoms with E-state index in [9.17, 15) is 19.5 Å². The van der Waals surface area contributed by atoms with Crippen molar-refractivity contribution in [1.82, 2.24) is 5.32 Å². The van der Waals surface area contributed by atoms with Crippen molar-refractivity contribution < 1.29 is 24.2 Å². The van der Waals surface area contributed by atoms with Gasteiger partial charge in [-0.3, -0.25) is 9.59 Å². The second-order valence-electron chi connectivity index (χ2n) is 5.77. The Hall–Kier alpha value is -3.15. The smallest absolute Gasteiger partial charge is 0.326 e. The molecule has 0 spiro atoms. The number of hydrogen-bond donors (Lipinski definition) is 2. The number of rotatable bonds is 8. The Morgan fingerprint density at radius 1 is 0.962 bits per heavy atom. The molecule has 0 saturated heterocycles. The van der Waals surface area contributed by atoms with Crippen LogP contribution < -0.4 is 5.32 Å². The lowest BCUT2D eigenvalue weighted by molar-refractivity contribution is -0.144. The minimum absolute atomic E-state index is 0.0377. The van der Waals surface area contributed by atoms with Crippen LogP contribution in [-0.2, 0) is 19.1 Å². The summed E-state index contributed by atoms with van der Waals surface area (Å²) in [4.78, 5) is 35.6. The van der Waals surface area contributed by atoms with Crippen LogP contribution in [0.4, 0.5) is 0 Å². The molecule has 2 aromatic carbocycles. The number of carbonyl (C=O) groups is 3. The normalized spacial score (nSPS) is 11.6. The van der Waals surface area contributed by atoms with Gasteiger partial charge in [0.2, 0.25) is 5.91 Å². The zero-order valence-electron chi connectivity index (χ0n) is 14.4. The van der Waals surface area contributed by atoms with Gasteiger partial charge >= 0.3 is 11.9 Å². The number of hydrogen-bond acceptors (Lipinski definition) is 4. The number of ether oxygens (including phenoxy) is 1. The third kappa shape index (κ3) is 5.17. The first-order chi connectivity index (χ1) is 12.5. The van der Waals surface area contributed by atoms with Gasteiger partial charge in [-0.25, -0.2) is 4.79 Å². The summed E-state index contributed by atoms with van der Waals surface area (Å²) in [5.41, 5.74) is 1.52. The molecule has 0 aliphatic heterocycles. The molecule has 6 nitrogen and oxygen atoms in total. The van der Waals surface area contributed by atoms with Gasteiger partial charge in [0.15, 0.2) is 0 Å². The molecule has 0 saturated carbocycles. The third-order valence-electron chi connectivity index (χ3n) is 4.01. The number of methoxy groups -OCH3 is 1.